The first-order chi connectivity index (χ1) is 10.2. The number of esters is 1. The second kappa shape index (κ2) is 6.01. The van der Waals surface area contributed by atoms with E-state index in [4.69, 9.17) is 25.5 Å². The lowest BCUT2D eigenvalue weighted by Gasteiger charge is -2.19. The van der Waals surface area contributed by atoms with Gasteiger partial charge in [-0.15, -0.1) is 0 Å². The molecule has 0 fully saturated rings. The lowest BCUT2D eigenvalue weighted by molar-refractivity contribution is -0.157. The Morgan fingerprint density at radius 3 is 2.59 bits per heavy atom. The highest BCUT2D eigenvalue weighted by molar-refractivity contribution is 6.32. The highest BCUT2D eigenvalue weighted by Crippen LogP contribution is 2.31. The Labute approximate surface area is 132 Å². The molecule has 2 rings (SSSR count). The van der Waals surface area contributed by atoms with Gasteiger partial charge in [0.2, 0.25) is 0 Å². The molecule has 22 heavy (non-hydrogen) atoms. The summed E-state index contributed by atoms with van der Waals surface area (Å²) in [6, 6.07) is 4.52. The number of rotatable bonds is 3. The van der Waals surface area contributed by atoms with E-state index in [1.165, 1.54) is 12.1 Å². The molecule has 0 aliphatic rings. The molecule has 6 heteroatoms. The average Bonchev–Trinajstić information content (AvgIpc) is 2.35. The molecule has 0 bridgehead atoms. The summed E-state index contributed by atoms with van der Waals surface area (Å²) < 4.78 is 15.6. The first kappa shape index (κ1) is 16.4. The lowest BCUT2D eigenvalue weighted by atomic mass is 10.1. The van der Waals surface area contributed by atoms with Gasteiger partial charge in [-0.1, -0.05) is 11.6 Å². The van der Waals surface area contributed by atoms with Crippen LogP contribution in [0.5, 0.6) is 5.75 Å². The van der Waals surface area contributed by atoms with Crippen molar-refractivity contribution in [2.45, 2.75) is 33.3 Å². The largest absolute Gasteiger partial charge is 0.480 e. The van der Waals surface area contributed by atoms with E-state index in [1.807, 2.05) is 0 Å². The molecular formula is C16H17ClO5. The van der Waals surface area contributed by atoms with Gasteiger partial charge in [0.1, 0.15) is 16.9 Å². The van der Waals surface area contributed by atoms with Gasteiger partial charge in [0.15, 0.2) is 6.61 Å². The van der Waals surface area contributed by atoms with Gasteiger partial charge in [-0.05, 0) is 39.3 Å². The van der Waals surface area contributed by atoms with E-state index >= 15 is 0 Å². The molecule has 0 aliphatic heterocycles. The van der Waals surface area contributed by atoms with Crippen LogP contribution in [-0.2, 0) is 9.53 Å². The van der Waals surface area contributed by atoms with E-state index in [1.54, 1.807) is 33.8 Å². The fourth-order valence-corrected chi connectivity index (χ4v) is 2.16. The summed E-state index contributed by atoms with van der Waals surface area (Å²) >= 11 is 6.13. The van der Waals surface area contributed by atoms with Crippen LogP contribution in [0.3, 0.4) is 0 Å². The molecule has 0 saturated carbocycles. The number of benzene rings is 1. The number of hydrogen-bond acceptors (Lipinski definition) is 5. The summed E-state index contributed by atoms with van der Waals surface area (Å²) in [4.78, 5) is 23.1. The molecule has 118 valence electrons. The van der Waals surface area contributed by atoms with Crippen LogP contribution in [-0.4, -0.2) is 18.2 Å². The molecule has 0 aliphatic carbocycles. The molecule has 0 N–H and O–H groups in total. The molecule has 0 saturated heterocycles. The minimum absolute atomic E-state index is 0.258. The van der Waals surface area contributed by atoms with Crippen LogP contribution in [0.4, 0.5) is 0 Å². The Morgan fingerprint density at radius 1 is 1.27 bits per heavy atom. The minimum atomic E-state index is -0.586. The third-order valence-corrected chi connectivity index (χ3v) is 3.06. The third kappa shape index (κ3) is 4.01. The molecule has 0 atom stereocenters. The Balaban J connectivity index is 2.23. The van der Waals surface area contributed by atoms with Crippen molar-refractivity contribution in [1.29, 1.82) is 0 Å². The van der Waals surface area contributed by atoms with Crippen LogP contribution in [0.2, 0.25) is 5.02 Å². The zero-order chi connectivity index (χ0) is 16.5. The van der Waals surface area contributed by atoms with Crippen LogP contribution < -0.4 is 10.4 Å². The van der Waals surface area contributed by atoms with Gasteiger partial charge in [-0.25, -0.2) is 9.59 Å². The van der Waals surface area contributed by atoms with E-state index in [9.17, 15) is 9.59 Å². The second-order valence-electron chi connectivity index (χ2n) is 5.90. The summed E-state index contributed by atoms with van der Waals surface area (Å²) in [5.41, 5.74) is 0.0724. The van der Waals surface area contributed by atoms with Crippen molar-refractivity contribution in [1.82, 2.24) is 0 Å². The maximum atomic E-state index is 11.7. The van der Waals surface area contributed by atoms with Crippen molar-refractivity contribution in [2.75, 3.05) is 6.61 Å². The van der Waals surface area contributed by atoms with Crippen LogP contribution >= 0.6 is 11.6 Å². The Hall–Kier alpha value is -2.01. The lowest BCUT2D eigenvalue weighted by Crippen LogP contribution is -2.27. The van der Waals surface area contributed by atoms with Gasteiger partial charge in [-0.2, -0.15) is 0 Å². The van der Waals surface area contributed by atoms with Crippen molar-refractivity contribution in [3.63, 3.8) is 0 Å². The van der Waals surface area contributed by atoms with E-state index in [-0.39, 0.29) is 12.4 Å². The standard InChI is InChI=1S/C16H17ClO5/c1-9-5-14(18)21-12-7-13(11(17)6-10(9)12)20-8-15(19)22-16(2,3)4/h5-7H,8H2,1-4H3. The van der Waals surface area contributed by atoms with Crippen LogP contribution in [0.15, 0.2) is 27.4 Å². The van der Waals surface area contributed by atoms with Gasteiger partial charge in [0.25, 0.3) is 0 Å². The van der Waals surface area contributed by atoms with Crippen LogP contribution in [0.1, 0.15) is 26.3 Å². The molecule has 1 aromatic carbocycles. The maximum absolute atomic E-state index is 11.7. The molecule has 1 heterocycles. The molecule has 0 spiro atoms. The van der Waals surface area contributed by atoms with Gasteiger partial charge in [0, 0.05) is 17.5 Å². The maximum Gasteiger partial charge on any atom is 0.344 e. The van der Waals surface area contributed by atoms with Crippen molar-refractivity contribution in [2.24, 2.45) is 0 Å². The second-order valence-corrected chi connectivity index (χ2v) is 6.31. The fourth-order valence-electron chi connectivity index (χ4n) is 1.94. The SMILES string of the molecule is Cc1cc(=O)oc2cc(OCC(=O)OC(C)(C)C)c(Cl)cc12. The number of carbonyl (C=O) groups excluding carboxylic acids is 1. The normalized spacial score (nSPS) is 11.5. The quantitative estimate of drug-likeness (QED) is 0.639. The summed E-state index contributed by atoms with van der Waals surface area (Å²) in [5, 5.41) is 1.04. The topological polar surface area (TPSA) is 65.7 Å². The van der Waals surface area contributed by atoms with Gasteiger partial charge < -0.3 is 13.9 Å². The predicted molar refractivity (Wildman–Crippen MR) is 83.6 cm³/mol. The highest BCUT2D eigenvalue weighted by atomic mass is 35.5. The Bertz CT molecular complexity index is 770. The van der Waals surface area contributed by atoms with Gasteiger partial charge >= 0.3 is 11.6 Å². The third-order valence-electron chi connectivity index (χ3n) is 2.77. The Morgan fingerprint density at radius 2 is 1.95 bits per heavy atom. The van der Waals surface area contributed by atoms with E-state index < -0.39 is 17.2 Å². The smallest absolute Gasteiger partial charge is 0.344 e. The summed E-state index contributed by atoms with van der Waals surface area (Å²) in [5.74, 6) is -0.247. The van der Waals surface area contributed by atoms with Gasteiger partial charge in [0.05, 0.1) is 5.02 Å². The molecule has 5 nitrogen and oxygen atoms in total. The van der Waals surface area contributed by atoms with Crippen LogP contribution in [0.25, 0.3) is 11.0 Å². The molecule has 0 amide bonds. The zero-order valence-electron chi connectivity index (χ0n) is 12.9. The molecule has 0 unspecified atom stereocenters. The molecule has 1 aromatic heterocycles. The minimum Gasteiger partial charge on any atom is -0.480 e. The first-order valence-corrected chi connectivity index (χ1v) is 7.12. The average molecular weight is 325 g/mol. The van der Waals surface area contributed by atoms with Crippen LogP contribution in [0, 0.1) is 6.92 Å². The van der Waals surface area contributed by atoms with Gasteiger partial charge in [-0.3, -0.25) is 0 Å². The number of fused-ring (bicyclic) bond motifs is 1. The zero-order valence-corrected chi connectivity index (χ0v) is 13.6. The molecular weight excluding hydrogens is 308 g/mol. The number of halogens is 1. The van der Waals surface area contributed by atoms with E-state index in [2.05, 4.69) is 0 Å². The highest BCUT2D eigenvalue weighted by Gasteiger charge is 2.17. The number of carbonyl (C=O) groups is 1. The first-order valence-electron chi connectivity index (χ1n) is 6.74. The van der Waals surface area contributed by atoms with E-state index in [0.29, 0.717) is 16.0 Å². The monoisotopic (exact) mass is 324 g/mol. The van der Waals surface area contributed by atoms with Crippen molar-refractivity contribution in [3.8, 4) is 5.75 Å². The van der Waals surface area contributed by atoms with E-state index in [0.717, 1.165) is 5.56 Å². The fraction of sp³-hybridized carbons (Fsp3) is 0.375. The Kier molecular flexibility index (Phi) is 4.47. The summed E-state index contributed by atoms with van der Waals surface area (Å²) in [7, 11) is 0. The van der Waals surface area contributed by atoms with Crippen molar-refractivity contribution < 1.29 is 18.7 Å². The predicted octanol–water partition coefficient (Wildman–Crippen LogP) is 3.48. The number of hydrogen-bond donors (Lipinski definition) is 0. The summed E-state index contributed by atoms with van der Waals surface area (Å²) in [6.45, 7) is 6.82. The van der Waals surface area contributed by atoms with Crippen molar-refractivity contribution in [3.05, 3.63) is 39.2 Å². The summed E-state index contributed by atoms with van der Waals surface area (Å²) in [6.07, 6.45) is 0. The number of ether oxygens (including phenoxy) is 2. The molecule has 2 aromatic rings. The van der Waals surface area contributed by atoms with Crippen molar-refractivity contribution >= 4 is 28.5 Å². The number of aryl methyl sites for hydroxylation is 1. The molecule has 0 radical (unpaired) electrons.